The minimum atomic E-state index is -0.477. The molecule has 2 aromatic rings. The van der Waals surface area contributed by atoms with Crippen molar-refractivity contribution in [2.24, 2.45) is 0 Å². The Balaban J connectivity index is 1.93. The average molecular weight is 507 g/mol. The maximum absolute atomic E-state index is 13.1. The van der Waals surface area contributed by atoms with E-state index in [-0.39, 0.29) is 23.1 Å². The molecular weight excluding hydrogens is 487 g/mol. The molecule has 162 valence electrons. The maximum Gasteiger partial charge on any atom is 0.265 e. The summed E-state index contributed by atoms with van der Waals surface area (Å²) in [5, 5.41) is 0.144. The van der Waals surface area contributed by atoms with Gasteiger partial charge in [-0.25, -0.2) is 4.39 Å². The standard InChI is InChI=1S/C22H20BrFN2O4S/c1-4-29-18-10-14(9-16-20(27)25(2)22(31)26(3)21(16)28)17(23)11-19(18)30-12-13-5-7-15(24)8-6-13/h5-11H,4,12H2,1-3H3. The summed E-state index contributed by atoms with van der Waals surface area (Å²) in [5.74, 6) is -0.351. The topological polar surface area (TPSA) is 59.1 Å². The number of hydrogen-bond acceptors (Lipinski definition) is 5. The predicted molar refractivity (Wildman–Crippen MR) is 122 cm³/mol. The molecule has 9 heteroatoms. The third kappa shape index (κ3) is 4.94. The van der Waals surface area contributed by atoms with E-state index < -0.39 is 11.8 Å². The highest BCUT2D eigenvalue weighted by atomic mass is 79.9. The number of carbonyl (C=O) groups is 2. The normalized spacial score (nSPS) is 14.2. The van der Waals surface area contributed by atoms with E-state index in [1.165, 1.54) is 42.1 Å². The second-order valence-corrected chi connectivity index (χ2v) is 7.96. The number of amides is 2. The first-order chi connectivity index (χ1) is 14.7. The first kappa shape index (κ1) is 22.9. The molecule has 1 aliphatic rings. The molecule has 1 heterocycles. The fourth-order valence-corrected chi connectivity index (χ4v) is 3.52. The first-order valence-electron chi connectivity index (χ1n) is 9.38. The summed E-state index contributed by atoms with van der Waals surface area (Å²) < 4.78 is 25.3. The van der Waals surface area contributed by atoms with Crippen molar-refractivity contribution in [2.75, 3.05) is 20.7 Å². The first-order valence-corrected chi connectivity index (χ1v) is 10.6. The molecule has 0 bridgehead atoms. The molecule has 31 heavy (non-hydrogen) atoms. The molecule has 2 amide bonds. The second kappa shape index (κ2) is 9.57. The van der Waals surface area contributed by atoms with Crippen molar-refractivity contribution in [1.29, 1.82) is 0 Å². The van der Waals surface area contributed by atoms with Gasteiger partial charge in [-0.1, -0.05) is 28.1 Å². The number of halogens is 2. The number of rotatable bonds is 6. The number of ether oxygens (including phenoxy) is 2. The van der Waals surface area contributed by atoms with E-state index >= 15 is 0 Å². The lowest BCUT2D eigenvalue weighted by Gasteiger charge is -2.31. The van der Waals surface area contributed by atoms with Gasteiger partial charge in [0.1, 0.15) is 18.0 Å². The van der Waals surface area contributed by atoms with Crippen LogP contribution in [-0.2, 0) is 16.2 Å². The van der Waals surface area contributed by atoms with Crippen molar-refractivity contribution in [1.82, 2.24) is 9.80 Å². The number of benzene rings is 2. The lowest BCUT2D eigenvalue weighted by Crippen LogP contribution is -2.52. The van der Waals surface area contributed by atoms with Gasteiger partial charge >= 0.3 is 0 Å². The van der Waals surface area contributed by atoms with E-state index in [1.54, 1.807) is 24.3 Å². The smallest absolute Gasteiger partial charge is 0.265 e. The van der Waals surface area contributed by atoms with Gasteiger partial charge < -0.3 is 9.47 Å². The van der Waals surface area contributed by atoms with Gasteiger partial charge in [0.15, 0.2) is 16.6 Å². The van der Waals surface area contributed by atoms with Crippen LogP contribution < -0.4 is 9.47 Å². The fraction of sp³-hybridized carbons (Fsp3) is 0.227. The highest BCUT2D eigenvalue weighted by Crippen LogP contribution is 2.36. The SMILES string of the molecule is CCOc1cc(C=C2C(=O)N(C)C(=S)N(C)C2=O)c(Br)cc1OCc1ccc(F)cc1. The van der Waals surface area contributed by atoms with Gasteiger partial charge in [-0.05, 0) is 60.6 Å². The summed E-state index contributed by atoms with van der Waals surface area (Å²) in [6.45, 7) is 2.45. The summed E-state index contributed by atoms with van der Waals surface area (Å²) in [7, 11) is 3.04. The molecule has 0 aliphatic carbocycles. The molecule has 6 nitrogen and oxygen atoms in total. The Kier molecular flexibility index (Phi) is 7.07. The van der Waals surface area contributed by atoms with Crippen LogP contribution in [0, 0.1) is 5.82 Å². The Morgan fingerprint density at radius 2 is 1.61 bits per heavy atom. The summed E-state index contributed by atoms with van der Waals surface area (Å²) in [6, 6.07) is 9.41. The Labute approximate surface area is 193 Å². The van der Waals surface area contributed by atoms with E-state index in [9.17, 15) is 14.0 Å². The molecule has 1 aliphatic heterocycles. The van der Waals surface area contributed by atoms with Crippen molar-refractivity contribution in [3.63, 3.8) is 0 Å². The van der Waals surface area contributed by atoms with Gasteiger partial charge in [0.25, 0.3) is 11.8 Å². The van der Waals surface area contributed by atoms with Crippen LogP contribution in [0.3, 0.4) is 0 Å². The van der Waals surface area contributed by atoms with Gasteiger partial charge in [-0.3, -0.25) is 19.4 Å². The van der Waals surface area contributed by atoms with E-state index in [0.717, 1.165) is 5.56 Å². The molecule has 1 fully saturated rings. The number of likely N-dealkylation sites (N-methyl/N-ethyl adjacent to an activating group) is 2. The van der Waals surface area contributed by atoms with Crippen molar-refractivity contribution < 1.29 is 23.5 Å². The Morgan fingerprint density at radius 1 is 1.03 bits per heavy atom. The van der Waals surface area contributed by atoms with Gasteiger partial charge in [0.2, 0.25) is 0 Å². The van der Waals surface area contributed by atoms with Crippen LogP contribution in [0.4, 0.5) is 4.39 Å². The molecule has 3 rings (SSSR count). The monoisotopic (exact) mass is 506 g/mol. The second-order valence-electron chi connectivity index (χ2n) is 6.74. The fourth-order valence-electron chi connectivity index (χ4n) is 2.91. The van der Waals surface area contributed by atoms with Gasteiger partial charge in [-0.2, -0.15) is 0 Å². The van der Waals surface area contributed by atoms with Crippen LogP contribution in [0.2, 0.25) is 0 Å². The highest BCUT2D eigenvalue weighted by molar-refractivity contribution is 9.10. The third-order valence-electron chi connectivity index (χ3n) is 4.61. The molecule has 0 aromatic heterocycles. The van der Waals surface area contributed by atoms with E-state index in [1.807, 2.05) is 6.92 Å². The van der Waals surface area contributed by atoms with Crippen molar-refractivity contribution >= 4 is 51.2 Å². The van der Waals surface area contributed by atoms with Crippen molar-refractivity contribution in [3.05, 3.63) is 63.4 Å². The highest BCUT2D eigenvalue weighted by Gasteiger charge is 2.35. The van der Waals surface area contributed by atoms with Crippen LogP contribution in [-0.4, -0.2) is 47.4 Å². The minimum absolute atomic E-state index is 0.0123. The molecule has 0 unspecified atom stereocenters. The van der Waals surface area contributed by atoms with Crippen molar-refractivity contribution in [3.8, 4) is 11.5 Å². The zero-order chi connectivity index (χ0) is 22.7. The third-order valence-corrected chi connectivity index (χ3v) is 5.85. The molecular formula is C22H20BrFN2O4S. The summed E-state index contributed by atoms with van der Waals surface area (Å²) >= 11 is 8.59. The summed E-state index contributed by atoms with van der Waals surface area (Å²) in [6.07, 6.45) is 1.50. The number of carbonyl (C=O) groups excluding carboxylic acids is 2. The molecule has 0 saturated carbocycles. The molecule has 0 N–H and O–H groups in total. The molecule has 2 aromatic carbocycles. The average Bonchev–Trinajstić information content (AvgIpc) is 2.76. The van der Waals surface area contributed by atoms with Gasteiger partial charge in [0, 0.05) is 18.6 Å². The summed E-state index contributed by atoms with van der Waals surface area (Å²) in [5.41, 5.74) is 1.36. The zero-order valence-corrected chi connectivity index (χ0v) is 19.5. The Bertz CT molecular complexity index is 1050. The largest absolute Gasteiger partial charge is 0.490 e. The van der Waals surface area contributed by atoms with Crippen LogP contribution in [0.15, 0.2) is 46.4 Å². The molecule has 0 atom stereocenters. The Hall–Kier alpha value is -2.78. The summed E-state index contributed by atoms with van der Waals surface area (Å²) in [4.78, 5) is 27.7. The maximum atomic E-state index is 13.1. The molecule has 1 saturated heterocycles. The van der Waals surface area contributed by atoms with Crippen LogP contribution in [0.5, 0.6) is 11.5 Å². The number of hydrogen-bond donors (Lipinski definition) is 0. The zero-order valence-electron chi connectivity index (χ0n) is 17.1. The lowest BCUT2D eigenvalue weighted by molar-refractivity contribution is -0.132. The van der Waals surface area contributed by atoms with Crippen molar-refractivity contribution in [2.45, 2.75) is 13.5 Å². The Morgan fingerprint density at radius 3 is 2.19 bits per heavy atom. The number of nitrogens with zero attached hydrogens (tertiary/aromatic N) is 2. The number of thiocarbonyl (C=S) groups is 1. The predicted octanol–water partition coefficient (Wildman–Crippen LogP) is 4.16. The molecule has 0 spiro atoms. The molecule has 0 radical (unpaired) electrons. The van der Waals surface area contributed by atoms with E-state index in [0.29, 0.717) is 28.1 Å². The quantitative estimate of drug-likeness (QED) is 0.334. The van der Waals surface area contributed by atoms with Crippen LogP contribution in [0.25, 0.3) is 6.08 Å². The van der Waals surface area contributed by atoms with Gasteiger partial charge in [-0.15, -0.1) is 0 Å². The van der Waals surface area contributed by atoms with E-state index in [4.69, 9.17) is 21.7 Å². The van der Waals surface area contributed by atoms with Crippen LogP contribution in [0.1, 0.15) is 18.1 Å². The minimum Gasteiger partial charge on any atom is -0.490 e. The van der Waals surface area contributed by atoms with Gasteiger partial charge in [0.05, 0.1) is 6.61 Å². The van der Waals surface area contributed by atoms with E-state index in [2.05, 4.69) is 15.9 Å². The van der Waals surface area contributed by atoms with Crippen LogP contribution >= 0.6 is 28.1 Å². The lowest BCUT2D eigenvalue weighted by atomic mass is 10.1.